The zero-order chi connectivity index (χ0) is 26.3. The first-order valence-electron chi connectivity index (χ1n) is 11.7. The predicted octanol–water partition coefficient (Wildman–Crippen LogP) is 7.68. The van der Waals surface area contributed by atoms with E-state index in [0.717, 1.165) is 26.9 Å². The Bertz CT molecular complexity index is 1470. The summed E-state index contributed by atoms with van der Waals surface area (Å²) in [6.07, 6.45) is 0. The molecule has 0 saturated heterocycles. The number of Topliss-reactive ketones (excluding diaryl/α,β-unsaturated/α-hetero) is 1. The van der Waals surface area contributed by atoms with Crippen LogP contribution in [-0.4, -0.2) is 18.4 Å². The lowest BCUT2D eigenvalue weighted by molar-refractivity contribution is -0.138. The van der Waals surface area contributed by atoms with Crippen LogP contribution in [0, 0.1) is 0 Å². The molecule has 0 unspecified atom stereocenters. The van der Waals surface area contributed by atoms with Gasteiger partial charge in [0.05, 0.1) is 26.8 Å². The van der Waals surface area contributed by atoms with E-state index in [2.05, 4.69) is 53.1 Å². The van der Waals surface area contributed by atoms with Crippen molar-refractivity contribution >= 4 is 65.2 Å². The summed E-state index contributed by atoms with van der Waals surface area (Å²) >= 11 is 10.8. The van der Waals surface area contributed by atoms with Gasteiger partial charge in [-0.25, -0.2) is 4.79 Å². The highest BCUT2D eigenvalue weighted by Gasteiger charge is 2.43. The van der Waals surface area contributed by atoms with Crippen molar-refractivity contribution in [3.63, 3.8) is 0 Å². The second kappa shape index (κ2) is 10.6. The number of ketones is 1. The maximum Gasteiger partial charge on any atom is 0.336 e. The third-order valence-corrected chi connectivity index (χ3v) is 8.10. The van der Waals surface area contributed by atoms with Gasteiger partial charge in [-0.05, 0) is 81.1 Å². The normalized spacial score (nSPS) is 16.4. The Balaban J connectivity index is 1.57. The lowest BCUT2D eigenvalue weighted by Gasteiger charge is -2.29. The van der Waals surface area contributed by atoms with E-state index in [0.29, 0.717) is 43.7 Å². The molecule has 188 valence electrons. The third kappa shape index (κ3) is 4.82. The predicted molar refractivity (Wildman–Crippen MR) is 153 cm³/mol. The van der Waals surface area contributed by atoms with Crippen molar-refractivity contribution in [2.45, 2.75) is 26.4 Å². The van der Waals surface area contributed by atoms with Crippen molar-refractivity contribution in [3.8, 4) is 5.75 Å². The van der Waals surface area contributed by atoms with Crippen LogP contribution >= 0.6 is 47.8 Å². The van der Waals surface area contributed by atoms with Crippen LogP contribution in [0.15, 0.2) is 90.9 Å². The highest BCUT2D eigenvalue weighted by Crippen LogP contribution is 2.48. The lowest BCUT2D eigenvalue weighted by atomic mass is 9.80. The molecule has 3 aromatic rings. The largest absolute Gasteiger partial charge is 0.487 e. The fourth-order valence-corrected chi connectivity index (χ4v) is 6.48. The number of halogens is 3. The second-order valence-corrected chi connectivity index (χ2v) is 11.3. The molecule has 0 radical (unpaired) electrons. The van der Waals surface area contributed by atoms with Gasteiger partial charge in [0.2, 0.25) is 0 Å². The summed E-state index contributed by atoms with van der Waals surface area (Å²) in [5.74, 6) is -0.520. The van der Waals surface area contributed by atoms with Crippen molar-refractivity contribution in [2.75, 3.05) is 6.61 Å². The van der Waals surface area contributed by atoms with Crippen LogP contribution in [-0.2, 0) is 16.1 Å². The van der Waals surface area contributed by atoms with Crippen LogP contribution in [0.5, 0.6) is 5.75 Å². The monoisotopic (exact) mass is 685 g/mol. The van der Waals surface area contributed by atoms with Crippen LogP contribution in [0.3, 0.4) is 0 Å². The summed E-state index contributed by atoms with van der Waals surface area (Å²) in [4.78, 5) is 26.8. The zero-order valence-electron chi connectivity index (χ0n) is 20.0. The molecule has 37 heavy (non-hydrogen) atoms. The van der Waals surface area contributed by atoms with E-state index in [1.165, 1.54) is 0 Å². The molecule has 0 fully saturated rings. The summed E-state index contributed by atoms with van der Waals surface area (Å²) in [7, 11) is 0. The van der Waals surface area contributed by atoms with Crippen LogP contribution in [0.25, 0.3) is 5.70 Å². The van der Waals surface area contributed by atoms with Crippen LogP contribution in [0.2, 0.25) is 0 Å². The van der Waals surface area contributed by atoms with E-state index in [1.54, 1.807) is 6.92 Å². The van der Waals surface area contributed by atoms with E-state index < -0.39 is 11.9 Å². The Morgan fingerprint density at radius 2 is 1.62 bits per heavy atom. The van der Waals surface area contributed by atoms with Crippen molar-refractivity contribution in [1.29, 1.82) is 0 Å². The fraction of sp³-hybridized carbons (Fsp3) is 0.172. The van der Waals surface area contributed by atoms with Gasteiger partial charge in [-0.3, -0.25) is 4.79 Å². The third-order valence-electron chi connectivity index (χ3n) is 6.39. The minimum absolute atomic E-state index is 0.0970. The summed E-state index contributed by atoms with van der Waals surface area (Å²) in [5, 5.41) is 3.32. The Labute approximate surface area is 240 Å². The molecule has 2 aliphatic rings. The molecule has 5 rings (SSSR count). The molecule has 0 saturated carbocycles. The molecule has 3 aromatic carbocycles. The van der Waals surface area contributed by atoms with Gasteiger partial charge in [-0.2, -0.15) is 0 Å². The van der Waals surface area contributed by atoms with E-state index in [-0.39, 0.29) is 12.4 Å². The number of nitrogens with one attached hydrogen (secondary N) is 1. The number of dihydropyridines is 1. The van der Waals surface area contributed by atoms with E-state index in [4.69, 9.17) is 9.47 Å². The average Bonchev–Trinajstić information content (AvgIpc) is 3.15. The van der Waals surface area contributed by atoms with Gasteiger partial charge < -0.3 is 14.8 Å². The molecular formula is C29H22Br3NO4. The number of carbonyl (C=O) groups is 2. The number of benzene rings is 3. The first-order chi connectivity index (χ1) is 17.8. The number of carbonyl (C=O) groups excluding carboxylic acids is 2. The van der Waals surface area contributed by atoms with Crippen molar-refractivity contribution in [2.24, 2.45) is 0 Å². The number of hydrogen-bond acceptors (Lipinski definition) is 5. The van der Waals surface area contributed by atoms with Crippen molar-refractivity contribution < 1.29 is 19.1 Å². The smallest absolute Gasteiger partial charge is 0.336 e. The number of fused-ring (bicyclic) bond motifs is 2. The van der Waals surface area contributed by atoms with Crippen LogP contribution < -0.4 is 10.1 Å². The molecule has 1 aliphatic carbocycles. The Morgan fingerprint density at radius 3 is 2.27 bits per heavy atom. The van der Waals surface area contributed by atoms with Gasteiger partial charge in [0, 0.05) is 32.8 Å². The highest BCUT2D eigenvalue weighted by atomic mass is 79.9. The molecule has 1 N–H and O–H groups in total. The van der Waals surface area contributed by atoms with Gasteiger partial charge in [0.1, 0.15) is 12.4 Å². The lowest BCUT2D eigenvalue weighted by Crippen LogP contribution is -2.29. The number of allylic oxidation sites excluding steroid dienone is 2. The molecule has 8 heteroatoms. The topological polar surface area (TPSA) is 64.6 Å². The number of hydrogen-bond donors (Lipinski definition) is 1. The number of rotatable bonds is 6. The zero-order valence-corrected chi connectivity index (χ0v) is 24.8. The molecular weight excluding hydrogens is 666 g/mol. The quantitative estimate of drug-likeness (QED) is 0.270. The molecule has 5 nitrogen and oxygen atoms in total. The maximum absolute atomic E-state index is 13.6. The van der Waals surface area contributed by atoms with Gasteiger partial charge in [0.25, 0.3) is 0 Å². The van der Waals surface area contributed by atoms with Gasteiger partial charge in [-0.1, -0.05) is 52.3 Å². The number of esters is 1. The molecule has 0 bridgehead atoms. The summed E-state index contributed by atoms with van der Waals surface area (Å²) in [6, 6.07) is 19.2. The first-order valence-corrected chi connectivity index (χ1v) is 14.1. The van der Waals surface area contributed by atoms with E-state index >= 15 is 0 Å². The summed E-state index contributed by atoms with van der Waals surface area (Å²) in [6.45, 7) is 4.23. The SMILES string of the molecule is CCOC(=O)C1=C(C)NC2=C(C(=O)c3ccccc32)[C@H]1c1cc(Br)c(OCc2ccc(Br)cc2)c(Br)c1. The second-order valence-electron chi connectivity index (χ2n) is 8.71. The molecule has 0 spiro atoms. The molecule has 1 atom stereocenters. The Kier molecular flexibility index (Phi) is 7.43. The average molecular weight is 688 g/mol. The van der Waals surface area contributed by atoms with Gasteiger partial charge >= 0.3 is 5.97 Å². The van der Waals surface area contributed by atoms with E-state index in [1.807, 2.05) is 67.6 Å². The minimum atomic E-state index is -0.608. The first kappa shape index (κ1) is 25.9. The number of ether oxygens (including phenoxy) is 2. The summed E-state index contributed by atoms with van der Waals surface area (Å²) in [5.41, 5.74) is 5.61. The Hall–Kier alpha value is -2.68. The van der Waals surface area contributed by atoms with Gasteiger partial charge in [0.15, 0.2) is 5.78 Å². The molecule has 1 heterocycles. The van der Waals surface area contributed by atoms with Crippen molar-refractivity contribution in [1.82, 2.24) is 5.32 Å². The van der Waals surface area contributed by atoms with E-state index in [9.17, 15) is 9.59 Å². The summed E-state index contributed by atoms with van der Waals surface area (Å²) < 4.78 is 14.0. The standard InChI is InChI=1S/C29H22Br3NO4/c1-3-36-29(35)23-15(2)33-26-19-6-4-5-7-20(19)27(34)25(26)24(23)17-12-21(31)28(22(32)13-17)37-14-16-8-10-18(30)11-9-16/h4-13,24,33H,3,14H2,1-2H3/t24-/m0/s1. The fourth-order valence-electron chi connectivity index (χ4n) is 4.76. The van der Waals surface area contributed by atoms with Crippen LogP contribution in [0.1, 0.15) is 46.8 Å². The Morgan fingerprint density at radius 1 is 0.973 bits per heavy atom. The molecule has 1 aliphatic heterocycles. The highest BCUT2D eigenvalue weighted by molar-refractivity contribution is 9.11. The minimum Gasteiger partial charge on any atom is -0.487 e. The molecule has 0 amide bonds. The van der Waals surface area contributed by atoms with Crippen molar-refractivity contribution in [3.05, 3.63) is 113 Å². The molecule has 0 aromatic heterocycles. The van der Waals surface area contributed by atoms with Crippen LogP contribution in [0.4, 0.5) is 0 Å². The van der Waals surface area contributed by atoms with Gasteiger partial charge in [-0.15, -0.1) is 0 Å². The maximum atomic E-state index is 13.6.